The maximum absolute atomic E-state index is 13.7. The molecule has 254 valence electrons. The molecular weight excluding hydrogens is 608 g/mol. The van der Waals surface area contributed by atoms with Gasteiger partial charge in [-0.2, -0.15) is 0 Å². The van der Waals surface area contributed by atoms with E-state index in [0.717, 1.165) is 21.9 Å². The Morgan fingerprint density at radius 3 is 2.23 bits per heavy atom. The van der Waals surface area contributed by atoms with Gasteiger partial charge in [-0.3, -0.25) is 14.4 Å². The Bertz CT molecular complexity index is 1740. The number of alkyl carbamates (subject to hydrolysis) is 1. The molecule has 3 N–H and O–H groups in total. The summed E-state index contributed by atoms with van der Waals surface area (Å²) in [4.78, 5) is 58.9. The monoisotopic (exact) mass is 654 g/mol. The van der Waals surface area contributed by atoms with E-state index in [1.165, 1.54) is 11.2 Å². The van der Waals surface area contributed by atoms with Gasteiger partial charge in [0, 0.05) is 20.3 Å². The van der Waals surface area contributed by atoms with Crippen LogP contribution in [-0.4, -0.2) is 69.5 Å². The summed E-state index contributed by atoms with van der Waals surface area (Å²) < 4.78 is 6.99. The maximum atomic E-state index is 13.7. The lowest BCUT2D eigenvalue weighted by molar-refractivity contribution is -0.131. The second kappa shape index (κ2) is 15.1. The largest absolute Gasteiger partial charge is 0.444 e. The molecule has 4 aromatic rings. The Balaban J connectivity index is 1.53. The highest BCUT2D eigenvalue weighted by Crippen LogP contribution is 2.26. The fourth-order valence-electron chi connectivity index (χ4n) is 5.20. The minimum Gasteiger partial charge on any atom is -0.444 e. The Kier molecular flexibility index (Phi) is 11.3. The lowest BCUT2D eigenvalue weighted by atomic mass is 10.0. The van der Waals surface area contributed by atoms with Gasteiger partial charge in [-0.25, -0.2) is 9.78 Å². The van der Waals surface area contributed by atoms with E-state index in [-0.39, 0.29) is 11.7 Å². The summed E-state index contributed by atoms with van der Waals surface area (Å²) in [6.07, 6.45) is 4.01. The van der Waals surface area contributed by atoms with Gasteiger partial charge in [0.1, 0.15) is 23.2 Å². The molecule has 0 radical (unpaired) electrons. The molecule has 1 aromatic heterocycles. The van der Waals surface area contributed by atoms with Gasteiger partial charge in [0.15, 0.2) is 5.82 Å². The molecular formula is C37H46N6O5. The topological polar surface area (TPSA) is 135 Å². The first-order chi connectivity index (χ1) is 22.6. The number of anilines is 1. The van der Waals surface area contributed by atoms with E-state index >= 15 is 0 Å². The number of benzene rings is 3. The molecule has 0 fully saturated rings. The first-order valence-electron chi connectivity index (χ1n) is 16.0. The van der Waals surface area contributed by atoms with E-state index < -0.39 is 41.1 Å². The summed E-state index contributed by atoms with van der Waals surface area (Å²) in [5, 5.41) is 10.3. The molecule has 0 aliphatic carbocycles. The van der Waals surface area contributed by atoms with Gasteiger partial charge in [0.2, 0.25) is 17.7 Å². The second-order valence-corrected chi connectivity index (χ2v) is 13.6. The zero-order chi connectivity index (χ0) is 35.1. The van der Waals surface area contributed by atoms with Crippen LogP contribution in [0.25, 0.3) is 10.8 Å². The van der Waals surface area contributed by atoms with Crippen molar-refractivity contribution >= 4 is 40.4 Å². The number of aromatic nitrogens is 2. The number of aryl methyl sites for hydroxylation is 1. The minimum atomic E-state index is -1.37. The number of fused-ring (bicyclic) bond motifs is 1. The number of amides is 4. The number of ether oxygens (including phenoxy) is 1. The fourth-order valence-corrected chi connectivity index (χ4v) is 5.20. The number of nitrogens with zero attached hydrogens (tertiary/aromatic N) is 3. The van der Waals surface area contributed by atoms with Gasteiger partial charge in [0.25, 0.3) is 0 Å². The van der Waals surface area contributed by atoms with Crippen molar-refractivity contribution in [2.45, 2.75) is 77.1 Å². The third-order valence-electron chi connectivity index (χ3n) is 7.72. The molecule has 48 heavy (non-hydrogen) atoms. The quantitative estimate of drug-likeness (QED) is 0.186. The van der Waals surface area contributed by atoms with Crippen molar-refractivity contribution < 1.29 is 23.9 Å². The third-order valence-corrected chi connectivity index (χ3v) is 7.72. The van der Waals surface area contributed by atoms with E-state index in [4.69, 9.17) is 4.74 Å². The molecule has 0 spiro atoms. The predicted molar refractivity (Wildman–Crippen MR) is 186 cm³/mol. The number of imidazole rings is 1. The molecule has 11 heteroatoms. The highest BCUT2D eigenvalue weighted by Gasteiger charge is 2.34. The average molecular weight is 655 g/mol. The molecule has 0 saturated carbocycles. The van der Waals surface area contributed by atoms with Crippen molar-refractivity contribution in [1.82, 2.24) is 25.1 Å². The summed E-state index contributed by atoms with van der Waals surface area (Å²) in [6, 6.07) is 22.0. The molecule has 0 aliphatic heterocycles. The van der Waals surface area contributed by atoms with Gasteiger partial charge < -0.3 is 30.2 Å². The standard InChI is InChI=1S/C37H46N6O5/c1-36(2,3)48-35(47)41-37(4,5)34(46)39-29(19-13-16-25-14-9-8-10-15-25)32(44)40-30-23-43(24-38-30)31(33(45)42(6)7)28-21-20-26-17-11-12-18-27(26)22-28/h8-12,14-15,17-18,20-24,29,31H,13,16,19H2,1-7H3,(H,39,46)(H,40,44)(H,41,47)/t29-,31?/m1/s1. The number of rotatable bonds is 12. The van der Waals surface area contributed by atoms with Crippen LogP contribution in [0.4, 0.5) is 10.6 Å². The lowest BCUT2D eigenvalue weighted by Gasteiger charge is -2.29. The average Bonchev–Trinajstić information content (AvgIpc) is 3.47. The van der Waals surface area contributed by atoms with Crippen LogP contribution in [0.1, 0.15) is 64.6 Å². The third kappa shape index (κ3) is 9.66. The highest BCUT2D eigenvalue weighted by molar-refractivity contribution is 5.98. The lowest BCUT2D eigenvalue weighted by Crippen LogP contribution is -2.58. The predicted octanol–water partition coefficient (Wildman–Crippen LogP) is 5.46. The van der Waals surface area contributed by atoms with Crippen LogP contribution < -0.4 is 16.0 Å². The summed E-state index contributed by atoms with van der Waals surface area (Å²) >= 11 is 0. The Morgan fingerprint density at radius 2 is 1.56 bits per heavy atom. The van der Waals surface area contributed by atoms with Gasteiger partial charge in [-0.1, -0.05) is 66.7 Å². The van der Waals surface area contributed by atoms with E-state index in [2.05, 4.69) is 20.9 Å². The summed E-state index contributed by atoms with van der Waals surface area (Å²) in [5.74, 6) is -0.959. The summed E-state index contributed by atoms with van der Waals surface area (Å²) in [6.45, 7) is 8.28. The fraction of sp³-hybridized carbons (Fsp3) is 0.378. The zero-order valence-electron chi connectivity index (χ0n) is 28.7. The van der Waals surface area contributed by atoms with E-state index in [1.807, 2.05) is 72.8 Å². The first-order valence-corrected chi connectivity index (χ1v) is 16.0. The molecule has 1 heterocycles. The van der Waals surface area contributed by atoms with Crippen molar-refractivity contribution in [3.8, 4) is 0 Å². The van der Waals surface area contributed by atoms with E-state index in [0.29, 0.717) is 19.3 Å². The number of likely N-dealkylation sites (N-methyl/N-ethyl adjacent to an activating group) is 1. The number of hydrogen-bond donors (Lipinski definition) is 3. The van der Waals surface area contributed by atoms with Crippen LogP contribution in [0.15, 0.2) is 85.3 Å². The van der Waals surface area contributed by atoms with Crippen LogP contribution in [0, 0.1) is 0 Å². The maximum Gasteiger partial charge on any atom is 0.408 e. The molecule has 0 bridgehead atoms. The van der Waals surface area contributed by atoms with Crippen LogP contribution in [0.5, 0.6) is 0 Å². The van der Waals surface area contributed by atoms with Gasteiger partial charge in [0.05, 0.1) is 6.33 Å². The van der Waals surface area contributed by atoms with E-state index in [9.17, 15) is 19.2 Å². The van der Waals surface area contributed by atoms with Crippen LogP contribution in [0.3, 0.4) is 0 Å². The Hall–Kier alpha value is -5.19. The SMILES string of the molecule is CN(C)C(=O)C(c1ccc2ccccc2c1)n1cnc(NC(=O)[C@@H](CCCc2ccccc2)NC(=O)C(C)(C)NC(=O)OC(C)(C)C)c1. The molecule has 4 rings (SSSR count). The number of hydrogen-bond acceptors (Lipinski definition) is 6. The molecule has 2 atom stereocenters. The number of nitrogens with one attached hydrogen (secondary N) is 3. The van der Waals surface area contributed by atoms with Crippen LogP contribution in [-0.2, 0) is 25.5 Å². The first kappa shape index (κ1) is 35.7. The normalized spacial score (nSPS) is 12.9. The Labute approximate surface area is 282 Å². The molecule has 11 nitrogen and oxygen atoms in total. The molecule has 4 amide bonds. The molecule has 1 unspecified atom stereocenters. The highest BCUT2D eigenvalue weighted by atomic mass is 16.6. The molecule has 0 saturated heterocycles. The Morgan fingerprint density at radius 1 is 0.896 bits per heavy atom. The number of carbonyl (C=O) groups is 4. The number of carbonyl (C=O) groups excluding carboxylic acids is 4. The van der Waals surface area contributed by atoms with E-state index in [1.54, 1.807) is 59.5 Å². The smallest absolute Gasteiger partial charge is 0.408 e. The van der Waals surface area contributed by atoms with Crippen LogP contribution in [0.2, 0.25) is 0 Å². The zero-order valence-corrected chi connectivity index (χ0v) is 28.7. The van der Waals surface area contributed by atoms with Crippen molar-refractivity contribution in [1.29, 1.82) is 0 Å². The van der Waals surface area contributed by atoms with Crippen molar-refractivity contribution in [3.63, 3.8) is 0 Å². The van der Waals surface area contributed by atoms with Crippen molar-refractivity contribution in [2.24, 2.45) is 0 Å². The van der Waals surface area contributed by atoms with Gasteiger partial charge in [-0.05, 0) is 81.8 Å². The summed E-state index contributed by atoms with van der Waals surface area (Å²) in [5.41, 5.74) is -0.237. The second-order valence-electron chi connectivity index (χ2n) is 13.6. The molecule has 3 aromatic carbocycles. The minimum absolute atomic E-state index is 0.161. The van der Waals surface area contributed by atoms with Crippen molar-refractivity contribution in [3.05, 3.63) is 96.4 Å². The van der Waals surface area contributed by atoms with Gasteiger partial charge >= 0.3 is 6.09 Å². The molecule has 0 aliphatic rings. The van der Waals surface area contributed by atoms with Crippen molar-refractivity contribution in [2.75, 3.05) is 19.4 Å². The van der Waals surface area contributed by atoms with Crippen LogP contribution >= 0.6 is 0 Å². The van der Waals surface area contributed by atoms with Gasteiger partial charge in [-0.15, -0.1) is 0 Å². The summed E-state index contributed by atoms with van der Waals surface area (Å²) in [7, 11) is 3.38.